The number of anilines is 1. The number of rotatable bonds is 7. The molecule has 0 saturated heterocycles. The molecule has 0 radical (unpaired) electrons. The first-order chi connectivity index (χ1) is 11.9. The van der Waals surface area contributed by atoms with Gasteiger partial charge in [-0.25, -0.2) is 0 Å². The first-order valence-corrected chi connectivity index (χ1v) is 8.45. The predicted octanol–water partition coefficient (Wildman–Crippen LogP) is 3.26. The van der Waals surface area contributed by atoms with Gasteiger partial charge in [0.05, 0.1) is 0 Å². The number of carbonyl (C=O) groups excluding carboxylic acids is 2. The lowest BCUT2D eigenvalue weighted by molar-refractivity contribution is -0.126. The lowest BCUT2D eigenvalue weighted by Crippen LogP contribution is -2.42. The number of aryl methyl sites for hydroxylation is 1. The molecule has 1 aromatic carbocycles. The van der Waals surface area contributed by atoms with Gasteiger partial charge in [-0.1, -0.05) is 49.3 Å². The number of aromatic nitrogens is 1. The summed E-state index contributed by atoms with van der Waals surface area (Å²) >= 11 is 0. The van der Waals surface area contributed by atoms with Crippen molar-refractivity contribution < 1.29 is 14.1 Å². The topological polar surface area (TPSA) is 84.2 Å². The number of nitrogens with zero attached hydrogens (tertiary/aromatic N) is 1. The van der Waals surface area contributed by atoms with Gasteiger partial charge in [-0.05, 0) is 31.2 Å². The Hall–Kier alpha value is -2.63. The number of amides is 2. The van der Waals surface area contributed by atoms with Crippen LogP contribution in [0.15, 0.2) is 40.9 Å². The first-order valence-electron chi connectivity index (χ1n) is 8.45. The van der Waals surface area contributed by atoms with Crippen molar-refractivity contribution in [3.05, 3.63) is 47.7 Å². The van der Waals surface area contributed by atoms with E-state index in [-0.39, 0.29) is 17.7 Å². The summed E-state index contributed by atoms with van der Waals surface area (Å²) < 4.78 is 4.90. The standard InChI is InChI=1S/C19H25N3O3/c1-12(2)16(15-8-6-5-7-9-15)11-18(23)20-14(4)19(24)21-17-10-13(3)25-22-17/h5-10,12,14,16H,11H2,1-4H3,(H,20,23)(H,21,22,24)/t14-,16?/m0/s1. The number of nitrogens with one attached hydrogen (secondary N) is 2. The summed E-state index contributed by atoms with van der Waals surface area (Å²) in [7, 11) is 0. The highest BCUT2D eigenvalue weighted by Gasteiger charge is 2.22. The summed E-state index contributed by atoms with van der Waals surface area (Å²) in [5.41, 5.74) is 1.13. The van der Waals surface area contributed by atoms with Crippen LogP contribution in [0.1, 0.15) is 44.4 Å². The summed E-state index contributed by atoms with van der Waals surface area (Å²) in [6, 6.07) is 10.9. The lowest BCUT2D eigenvalue weighted by atomic mass is 9.85. The summed E-state index contributed by atoms with van der Waals surface area (Å²) in [6.45, 7) is 7.57. The number of carbonyl (C=O) groups is 2. The third kappa shape index (κ3) is 5.45. The normalized spacial score (nSPS) is 13.3. The minimum Gasteiger partial charge on any atom is -0.360 e. The van der Waals surface area contributed by atoms with E-state index in [1.165, 1.54) is 0 Å². The molecule has 0 saturated carbocycles. The Morgan fingerprint density at radius 2 is 1.84 bits per heavy atom. The first kappa shape index (κ1) is 18.7. The van der Waals surface area contributed by atoms with Crippen LogP contribution < -0.4 is 10.6 Å². The highest BCUT2D eigenvalue weighted by atomic mass is 16.5. The highest BCUT2D eigenvalue weighted by molar-refractivity contribution is 5.96. The van der Waals surface area contributed by atoms with E-state index < -0.39 is 6.04 Å². The van der Waals surface area contributed by atoms with Gasteiger partial charge in [-0.2, -0.15) is 0 Å². The van der Waals surface area contributed by atoms with Crippen molar-refractivity contribution in [2.24, 2.45) is 5.92 Å². The van der Waals surface area contributed by atoms with Crippen molar-refractivity contribution in [3.8, 4) is 0 Å². The molecular formula is C19H25N3O3. The Morgan fingerprint density at radius 1 is 1.16 bits per heavy atom. The highest BCUT2D eigenvalue weighted by Crippen LogP contribution is 2.27. The van der Waals surface area contributed by atoms with Gasteiger partial charge in [-0.3, -0.25) is 9.59 Å². The Labute approximate surface area is 148 Å². The van der Waals surface area contributed by atoms with Crippen molar-refractivity contribution in [1.82, 2.24) is 10.5 Å². The van der Waals surface area contributed by atoms with Crippen LogP contribution in [0.4, 0.5) is 5.82 Å². The molecule has 2 N–H and O–H groups in total. The molecule has 0 bridgehead atoms. The van der Waals surface area contributed by atoms with Gasteiger partial charge in [0.1, 0.15) is 11.8 Å². The van der Waals surface area contributed by atoms with Gasteiger partial charge in [0.25, 0.3) is 0 Å². The fraction of sp³-hybridized carbons (Fsp3) is 0.421. The molecule has 0 aliphatic heterocycles. The fourth-order valence-corrected chi connectivity index (χ4v) is 2.66. The van der Waals surface area contributed by atoms with E-state index in [4.69, 9.17) is 4.52 Å². The molecule has 2 rings (SSSR count). The second-order valence-electron chi connectivity index (χ2n) is 6.57. The molecule has 1 heterocycles. The lowest BCUT2D eigenvalue weighted by Gasteiger charge is -2.22. The maximum Gasteiger partial charge on any atom is 0.247 e. The summed E-state index contributed by atoms with van der Waals surface area (Å²) in [5, 5.41) is 9.08. The molecule has 0 aliphatic rings. The van der Waals surface area contributed by atoms with Crippen LogP contribution in [0.3, 0.4) is 0 Å². The molecule has 6 nitrogen and oxygen atoms in total. The van der Waals surface area contributed by atoms with Crippen molar-refractivity contribution in [1.29, 1.82) is 0 Å². The van der Waals surface area contributed by atoms with E-state index in [0.717, 1.165) is 5.56 Å². The van der Waals surface area contributed by atoms with Crippen LogP contribution in [-0.4, -0.2) is 23.0 Å². The average Bonchev–Trinajstić information content (AvgIpc) is 2.98. The molecule has 2 amide bonds. The number of hydrogen-bond acceptors (Lipinski definition) is 4. The van der Waals surface area contributed by atoms with E-state index in [0.29, 0.717) is 23.9 Å². The molecule has 1 aromatic heterocycles. The van der Waals surface area contributed by atoms with Crippen LogP contribution in [-0.2, 0) is 9.59 Å². The number of hydrogen-bond donors (Lipinski definition) is 2. The minimum atomic E-state index is -0.659. The van der Waals surface area contributed by atoms with Gasteiger partial charge in [0.2, 0.25) is 11.8 Å². The van der Waals surface area contributed by atoms with Crippen molar-refractivity contribution in [2.45, 2.75) is 46.1 Å². The van der Waals surface area contributed by atoms with Crippen LogP contribution >= 0.6 is 0 Å². The minimum absolute atomic E-state index is 0.106. The van der Waals surface area contributed by atoms with Crippen LogP contribution in [0.25, 0.3) is 0 Å². The molecule has 6 heteroatoms. The van der Waals surface area contributed by atoms with Crippen LogP contribution in [0.2, 0.25) is 0 Å². The summed E-state index contributed by atoms with van der Waals surface area (Å²) in [6.07, 6.45) is 0.336. The Balaban J connectivity index is 1.92. The van der Waals surface area contributed by atoms with Gasteiger partial charge in [-0.15, -0.1) is 0 Å². The van der Waals surface area contributed by atoms with Gasteiger partial charge in [0.15, 0.2) is 5.82 Å². The van der Waals surface area contributed by atoms with E-state index in [1.54, 1.807) is 19.9 Å². The second-order valence-corrected chi connectivity index (χ2v) is 6.57. The van der Waals surface area contributed by atoms with Gasteiger partial charge >= 0.3 is 0 Å². The molecular weight excluding hydrogens is 318 g/mol. The maximum absolute atomic E-state index is 12.4. The molecule has 2 aromatic rings. The predicted molar refractivity (Wildman–Crippen MR) is 96.1 cm³/mol. The van der Waals surface area contributed by atoms with E-state index in [9.17, 15) is 9.59 Å². The molecule has 0 fully saturated rings. The Morgan fingerprint density at radius 3 is 2.40 bits per heavy atom. The summed E-state index contributed by atoms with van der Waals surface area (Å²) in [5.74, 6) is 0.886. The van der Waals surface area contributed by atoms with Crippen LogP contribution in [0.5, 0.6) is 0 Å². The molecule has 2 atom stereocenters. The van der Waals surface area contributed by atoms with E-state index in [1.807, 2.05) is 30.3 Å². The van der Waals surface area contributed by atoms with Crippen molar-refractivity contribution >= 4 is 17.6 Å². The van der Waals surface area contributed by atoms with Crippen LogP contribution in [0, 0.1) is 12.8 Å². The number of benzene rings is 1. The quantitative estimate of drug-likeness (QED) is 0.808. The zero-order chi connectivity index (χ0) is 18.4. The van der Waals surface area contributed by atoms with Gasteiger partial charge < -0.3 is 15.2 Å². The Bertz CT molecular complexity index is 710. The third-order valence-corrected chi connectivity index (χ3v) is 4.09. The molecule has 134 valence electrons. The maximum atomic E-state index is 12.4. The van der Waals surface area contributed by atoms with Crippen molar-refractivity contribution in [3.63, 3.8) is 0 Å². The monoisotopic (exact) mass is 343 g/mol. The average molecular weight is 343 g/mol. The smallest absolute Gasteiger partial charge is 0.247 e. The largest absolute Gasteiger partial charge is 0.360 e. The third-order valence-electron chi connectivity index (χ3n) is 4.09. The fourth-order valence-electron chi connectivity index (χ4n) is 2.66. The second kappa shape index (κ2) is 8.46. The summed E-state index contributed by atoms with van der Waals surface area (Å²) in [4.78, 5) is 24.5. The zero-order valence-corrected chi connectivity index (χ0v) is 15.1. The van der Waals surface area contributed by atoms with E-state index >= 15 is 0 Å². The molecule has 0 aliphatic carbocycles. The SMILES string of the molecule is Cc1cc(NC(=O)[C@H](C)NC(=O)CC(c2ccccc2)C(C)C)no1. The van der Waals surface area contributed by atoms with E-state index in [2.05, 4.69) is 29.6 Å². The van der Waals surface area contributed by atoms with Crippen molar-refractivity contribution in [2.75, 3.05) is 5.32 Å². The molecule has 1 unspecified atom stereocenters. The van der Waals surface area contributed by atoms with Gasteiger partial charge in [0, 0.05) is 12.5 Å². The molecule has 0 spiro atoms. The molecule has 25 heavy (non-hydrogen) atoms. The Kier molecular flexibility index (Phi) is 6.33. The zero-order valence-electron chi connectivity index (χ0n) is 15.1.